The Morgan fingerprint density at radius 1 is 0.458 bits per heavy atom. The van der Waals surface area contributed by atoms with Crippen molar-refractivity contribution in [1.29, 1.82) is 0 Å². The maximum absolute atomic E-state index is 6.13. The lowest BCUT2D eigenvalue weighted by Crippen LogP contribution is -2.29. The first-order valence-electron chi connectivity index (χ1n) is 10.4. The Hall–Kier alpha value is -0.120. The number of rotatable bonds is 17. The van der Waals surface area contributed by atoms with Crippen LogP contribution in [0.5, 0.6) is 0 Å². The van der Waals surface area contributed by atoms with Gasteiger partial charge in [-0.2, -0.15) is 0 Å². The summed E-state index contributed by atoms with van der Waals surface area (Å²) in [6.45, 7) is 17.2. The Bertz CT molecular complexity index is 227. The fourth-order valence-electron chi connectivity index (χ4n) is 2.72. The topological polar surface area (TPSA) is 27.7 Å². The number of hydrogen-bond acceptors (Lipinski definition) is 3. The number of ether oxygens (including phenoxy) is 3. The molecule has 0 spiro atoms. The van der Waals surface area contributed by atoms with Crippen molar-refractivity contribution in [2.45, 2.75) is 86.2 Å². The molecule has 146 valence electrons. The minimum atomic E-state index is 0.0642. The van der Waals surface area contributed by atoms with Gasteiger partial charge in [-0.3, -0.25) is 0 Å². The highest BCUT2D eigenvalue weighted by atomic mass is 16.6. The zero-order chi connectivity index (χ0) is 18.2. The van der Waals surface area contributed by atoms with Gasteiger partial charge < -0.3 is 14.2 Å². The zero-order valence-electron chi connectivity index (χ0n) is 17.3. The molecule has 0 bridgehead atoms. The molecule has 0 heterocycles. The highest BCUT2D eigenvalue weighted by Gasteiger charge is 2.15. The van der Waals surface area contributed by atoms with Gasteiger partial charge in [0.2, 0.25) is 0 Å². The molecular weight excluding hydrogens is 300 g/mol. The van der Waals surface area contributed by atoms with Gasteiger partial charge >= 0.3 is 0 Å². The van der Waals surface area contributed by atoms with Crippen LogP contribution in [0, 0.1) is 17.8 Å². The lowest BCUT2D eigenvalue weighted by molar-refractivity contribution is -0.0781. The van der Waals surface area contributed by atoms with Crippen molar-refractivity contribution in [2.24, 2.45) is 17.8 Å². The summed E-state index contributed by atoms with van der Waals surface area (Å²) in [5, 5.41) is 0. The van der Waals surface area contributed by atoms with Crippen LogP contribution in [0.3, 0.4) is 0 Å². The molecule has 0 amide bonds. The summed E-state index contributed by atoms with van der Waals surface area (Å²) in [6.07, 6.45) is 7.14. The summed E-state index contributed by atoms with van der Waals surface area (Å²) in [7, 11) is 0. The lowest BCUT2D eigenvalue weighted by atomic mass is 10.1. The van der Waals surface area contributed by atoms with Crippen LogP contribution < -0.4 is 0 Å². The Morgan fingerprint density at radius 3 is 1.12 bits per heavy atom. The van der Waals surface area contributed by atoms with E-state index in [9.17, 15) is 0 Å². The van der Waals surface area contributed by atoms with Gasteiger partial charge in [0.25, 0.3) is 0 Å². The fourth-order valence-corrected chi connectivity index (χ4v) is 2.72. The van der Waals surface area contributed by atoms with E-state index in [0.29, 0.717) is 31.0 Å². The van der Waals surface area contributed by atoms with Crippen LogP contribution in [0.25, 0.3) is 0 Å². The van der Waals surface area contributed by atoms with Gasteiger partial charge in [0.15, 0.2) is 0 Å². The van der Waals surface area contributed by atoms with E-state index in [1.54, 1.807) is 0 Å². The molecule has 3 nitrogen and oxygen atoms in total. The number of hydrogen-bond donors (Lipinski definition) is 0. The van der Waals surface area contributed by atoms with E-state index < -0.39 is 0 Å². The third-order valence-corrected chi connectivity index (χ3v) is 5.35. The first-order valence-corrected chi connectivity index (χ1v) is 10.4. The molecule has 0 unspecified atom stereocenters. The van der Waals surface area contributed by atoms with E-state index in [4.69, 9.17) is 14.2 Å². The Labute approximate surface area is 151 Å². The van der Waals surface area contributed by atoms with E-state index >= 15 is 0 Å². The molecule has 0 radical (unpaired) electrons. The maximum atomic E-state index is 6.13. The summed E-state index contributed by atoms with van der Waals surface area (Å²) in [6, 6.07) is 0. The lowest BCUT2D eigenvalue weighted by Gasteiger charge is -2.23. The second-order valence-corrected chi connectivity index (χ2v) is 7.08. The minimum Gasteiger partial charge on any atom is -0.378 e. The van der Waals surface area contributed by atoms with E-state index in [1.807, 2.05) is 0 Å². The van der Waals surface area contributed by atoms with Crippen molar-refractivity contribution in [3.8, 4) is 0 Å². The van der Waals surface area contributed by atoms with Crippen molar-refractivity contribution in [3.63, 3.8) is 0 Å². The predicted molar refractivity (Wildman–Crippen MR) is 104 cm³/mol. The summed E-state index contributed by atoms with van der Waals surface area (Å²) in [5.74, 6) is 1.97. The molecule has 0 aromatic carbocycles. The van der Waals surface area contributed by atoms with Crippen LogP contribution in [0.2, 0.25) is 0 Å². The SMILES string of the molecule is CCC(CC)COCC(COCC(CC)CC)OCC(CC)CC. The largest absolute Gasteiger partial charge is 0.378 e. The van der Waals surface area contributed by atoms with E-state index in [0.717, 1.165) is 19.8 Å². The summed E-state index contributed by atoms with van der Waals surface area (Å²) < 4.78 is 18.0. The molecule has 0 aliphatic carbocycles. The van der Waals surface area contributed by atoms with Crippen LogP contribution >= 0.6 is 0 Å². The fraction of sp³-hybridized carbons (Fsp3) is 1.00. The predicted octanol–water partition coefficient (Wildman–Crippen LogP) is 5.71. The van der Waals surface area contributed by atoms with Gasteiger partial charge in [-0.25, -0.2) is 0 Å². The van der Waals surface area contributed by atoms with Crippen LogP contribution in [0.1, 0.15) is 80.1 Å². The standard InChI is InChI=1S/C21H44O3/c1-7-18(8-2)13-22-16-21(24-15-20(11-5)12-6)17-23-14-19(9-3)10-4/h18-21H,7-17H2,1-6H3. The molecule has 3 heteroatoms. The van der Waals surface area contributed by atoms with Gasteiger partial charge in [0.1, 0.15) is 6.10 Å². The molecule has 0 saturated carbocycles. The van der Waals surface area contributed by atoms with Crippen LogP contribution in [-0.4, -0.2) is 39.1 Å². The van der Waals surface area contributed by atoms with Gasteiger partial charge in [-0.05, 0) is 17.8 Å². The first kappa shape index (κ1) is 23.9. The zero-order valence-corrected chi connectivity index (χ0v) is 17.3. The van der Waals surface area contributed by atoms with Gasteiger partial charge in [-0.1, -0.05) is 80.1 Å². The van der Waals surface area contributed by atoms with Crippen molar-refractivity contribution in [3.05, 3.63) is 0 Å². The highest BCUT2D eigenvalue weighted by molar-refractivity contribution is 4.62. The van der Waals surface area contributed by atoms with E-state index in [2.05, 4.69) is 41.5 Å². The quantitative estimate of drug-likeness (QED) is 0.338. The molecule has 0 aromatic rings. The molecular formula is C21H44O3. The third kappa shape index (κ3) is 11.4. The summed E-state index contributed by atoms with van der Waals surface area (Å²) >= 11 is 0. The van der Waals surface area contributed by atoms with Crippen molar-refractivity contribution >= 4 is 0 Å². The van der Waals surface area contributed by atoms with Crippen molar-refractivity contribution < 1.29 is 14.2 Å². The van der Waals surface area contributed by atoms with Gasteiger partial charge in [0, 0.05) is 19.8 Å². The van der Waals surface area contributed by atoms with Crippen LogP contribution in [-0.2, 0) is 14.2 Å². The second-order valence-electron chi connectivity index (χ2n) is 7.08. The van der Waals surface area contributed by atoms with Gasteiger partial charge in [0.05, 0.1) is 13.2 Å². The monoisotopic (exact) mass is 344 g/mol. The molecule has 0 aliphatic heterocycles. The highest BCUT2D eigenvalue weighted by Crippen LogP contribution is 2.13. The average Bonchev–Trinajstić information content (AvgIpc) is 2.62. The summed E-state index contributed by atoms with van der Waals surface area (Å²) in [4.78, 5) is 0. The second kappa shape index (κ2) is 16.4. The van der Waals surface area contributed by atoms with E-state index in [-0.39, 0.29) is 6.10 Å². The van der Waals surface area contributed by atoms with Crippen LogP contribution in [0.15, 0.2) is 0 Å². The van der Waals surface area contributed by atoms with Gasteiger partial charge in [-0.15, -0.1) is 0 Å². The molecule has 24 heavy (non-hydrogen) atoms. The first-order chi connectivity index (χ1) is 11.6. The molecule has 0 saturated heterocycles. The Balaban J connectivity index is 4.26. The van der Waals surface area contributed by atoms with Crippen molar-refractivity contribution in [2.75, 3.05) is 33.0 Å². The minimum absolute atomic E-state index is 0.0642. The molecule has 0 rings (SSSR count). The molecule has 0 atom stereocenters. The molecule has 0 aromatic heterocycles. The molecule has 0 fully saturated rings. The average molecular weight is 345 g/mol. The Morgan fingerprint density at radius 2 is 0.792 bits per heavy atom. The van der Waals surface area contributed by atoms with Crippen LogP contribution in [0.4, 0.5) is 0 Å². The third-order valence-electron chi connectivity index (χ3n) is 5.35. The molecule has 0 aliphatic rings. The summed E-state index contributed by atoms with van der Waals surface area (Å²) in [5.41, 5.74) is 0. The molecule has 0 N–H and O–H groups in total. The Kier molecular flexibility index (Phi) is 16.3. The van der Waals surface area contributed by atoms with Crippen molar-refractivity contribution in [1.82, 2.24) is 0 Å². The normalized spacial score (nSPS) is 12.2. The van der Waals surface area contributed by atoms with E-state index in [1.165, 1.54) is 38.5 Å². The smallest absolute Gasteiger partial charge is 0.104 e. The maximum Gasteiger partial charge on any atom is 0.104 e.